The first kappa shape index (κ1) is 10.3. The molecular weight excluding hydrogens is 193 g/mol. The van der Waals surface area contributed by atoms with Gasteiger partial charge < -0.3 is 0 Å². The van der Waals surface area contributed by atoms with Crippen LogP contribution in [0.15, 0.2) is 24.3 Å². The molecule has 0 N–H and O–H groups in total. The summed E-state index contributed by atoms with van der Waals surface area (Å²) in [5.41, 5.74) is -0.461. The maximum atomic E-state index is 12.4. The highest BCUT2D eigenvalue weighted by Crippen LogP contribution is 2.27. The zero-order chi connectivity index (χ0) is 10.1. The van der Waals surface area contributed by atoms with Crippen LogP contribution in [0.3, 0.4) is 0 Å². The lowest BCUT2D eigenvalue weighted by Crippen LogP contribution is -2.30. The van der Waals surface area contributed by atoms with Crippen molar-refractivity contribution in [2.24, 2.45) is 0 Å². The molecule has 13 heavy (non-hydrogen) atoms. The summed E-state index contributed by atoms with van der Waals surface area (Å²) >= 11 is 0. The van der Waals surface area contributed by atoms with E-state index >= 15 is 0 Å². The van der Waals surface area contributed by atoms with Crippen LogP contribution in [-0.2, 0) is 6.18 Å². The fourth-order valence-electron chi connectivity index (χ4n) is 1.26. The van der Waals surface area contributed by atoms with E-state index in [4.69, 9.17) is 0 Å². The molecule has 0 saturated heterocycles. The lowest BCUT2D eigenvalue weighted by atomic mass is 10.2. The Morgan fingerprint density at radius 2 is 1.62 bits per heavy atom. The molecule has 0 bridgehead atoms. The van der Waals surface area contributed by atoms with Crippen LogP contribution < -0.4 is 5.19 Å². The second kappa shape index (κ2) is 3.53. The monoisotopic (exact) mass is 204 g/mol. The molecule has 0 spiro atoms. The van der Waals surface area contributed by atoms with E-state index < -0.39 is 20.5 Å². The third-order valence-corrected chi connectivity index (χ3v) is 3.64. The highest BCUT2D eigenvalue weighted by molar-refractivity contribution is 6.71. The minimum Gasteiger partial charge on any atom is -0.166 e. The van der Waals surface area contributed by atoms with Crippen molar-refractivity contribution < 1.29 is 13.2 Å². The molecule has 4 heteroatoms. The Balaban J connectivity index is 3.20. The van der Waals surface area contributed by atoms with Gasteiger partial charge in [0.2, 0.25) is 0 Å². The molecule has 0 aromatic heterocycles. The van der Waals surface area contributed by atoms with Crippen molar-refractivity contribution >= 4 is 14.0 Å². The summed E-state index contributed by atoms with van der Waals surface area (Å²) in [6.07, 6.45) is -4.20. The van der Waals surface area contributed by atoms with Crippen molar-refractivity contribution in [3.8, 4) is 0 Å². The molecule has 0 heterocycles. The van der Waals surface area contributed by atoms with Crippen molar-refractivity contribution in [3.63, 3.8) is 0 Å². The molecule has 0 nitrogen and oxygen atoms in total. The van der Waals surface area contributed by atoms with Crippen molar-refractivity contribution in [1.29, 1.82) is 0 Å². The molecule has 72 valence electrons. The second-order valence-corrected chi connectivity index (χ2v) is 6.17. The molecule has 0 amide bonds. The first-order valence-corrected chi connectivity index (χ1v) is 6.97. The van der Waals surface area contributed by atoms with Crippen molar-refractivity contribution in [3.05, 3.63) is 29.8 Å². The molecule has 0 aliphatic rings. The number of hydrogen-bond acceptors (Lipinski definition) is 0. The van der Waals surface area contributed by atoms with E-state index in [1.54, 1.807) is 12.1 Å². The highest BCUT2D eigenvalue weighted by Gasteiger charge is 2.33. The SMILES string of the molecule is C[SiH](C)c1ccccc1C(F)(F)F. The van der Waals surface area contributed by atoms with E-state index in [9.17, 15) is 13.2 Å². The molecular formula is C9H11F3Si. The largest absolute Gasteiger partial charge is 0.416 e. The van der Waals surface area contributed by atoms with Gasteiger partial charge in [0, 0.05) is 0 Å². The van der Waals surface area contributed by atoms with Crippen LogP contribution in [0.5, 0.6) is 0 Å². The van der Waals surface area contributed by atoms with Crippen molar-refractivity contribution in [2.75, 3.05) is 0 Å². The molecule has 0 atom stereocenters. The van der Waals surface area contributed by atoms with Gasteiger partial charge in [0.15, 0.2) is 0 Å². The van der Waals surface area contributed by atoms with Crippen LogP contribution in [0.4, 0.5) is 13.2 Å². The zero-order valence-corrected chi connectivity index (χ0v) is 8.68. The fraction of sp³-hybridized carbons (Fsp3) is 0.333. The van der Waals surface area contributed by atoms with Gasteiger partial charge >= 0.3 is 6.18 Å². The predicted molar refractivity (Wildman–Crippen MR) is 50.0 cm³/mol. The molecule has 0 unspecified atom stereocenters. The third-order valence-electron chi connectivity index (χ3n) is 1.89. The maximum Gasteiger partial charge on any atom is 0.416 e. The Bertz CT molecular complexity index is 291. The first-order chi connectivity index (χ1) is 5.93. The van der Waals surface area contributed by atoms with E-state index in [1.165, 1.54) is 6.07 Å². The van der Waals surface area contributed by atoms with Crippen LogP contribution in [0, 0.1) is 0 Å². The Kier molecular flexibility index (Phi) is 2.80. The normalized spacial score (nSPS) is 12.2. The van der Waals surface area contributed by atoms with Gasteiger partial charge in [-0.05, 0) is 0 Å². The lowest BCUT2D eigenvalue weighted by molar-refractivity contribution is -0.136. The quantitative estimate of drug-likeness (QED) is 0.616. The van der Waals surface area contributed by atoms with Gasteiger partial charge in [0.1, 0.15) is 0 Å². The average Bonchev–Trinajstić information content (AvgIpc) is 2.03. The molecule has 0 aliphatic heterocycles. The molecule has 1 aromatic rings. The Morgan fingerprint density at radius 1 is 1.08 bits per heavy atom. The number of halogens is 3. The van der Waals surface area contributed by atoms with Crippen LogP contribution in [-0.4, -0.2) is 8.80 Å². The molecule has 0 radical (unpaired) electrons. The van der Waals surface area contributed by atoms with Crippen molar-refractivity contribution in [2.45, 2.75) is 19.3 Å². The summed E-state index contributed by atoms with van der Waals surface area (Å²) in [4.78, 5) is 0. The predicted octanol–water partition coefficient (Wildman–Crippen LogP) is 2.40. The number of rotatable bonds is 1. The average molecular weight is 204 g/mol. The number of benzene rings is 1. The van der Waals surface area contributed by atoms with Gasteiger partial charge in [-0.25, -0.2) is 0 Å². The Labute approximate surface area is 77.0 Å². The Hall–Kier alpha value is -0.773. The van der Waals surface area contributed by atoms with Crippen LogP contribution in [0.1, 0.15) is 5.56 Å². The van der Waals surface area contributed by atoms with Gasteiger partial charge in [-0.1, -0.05) is 42.5 Å². The fourth-order valence-corrected chi connectivity index (χ4v) is 2.64. The molecule has 1 aromatic carbocycles. The smallest absolute Gasteiger partial charge is 0.166 e. The van der Waals surface area contributed by atoms with Gasteiger partial charge in [-0.3, -0.25) is 0 Å². The van der Waals surface area contributed by atoms with Crippen LogP contribution in [0.25, 0.3) is 0 Å². The number of hydrogen-bond donors (Lipinski definition) is 0. The first-order valence-electron chi connectivity index (χ1n) is 4.09. The summed E-state index contributed by atoms with van der Waals surface area (Å²) in [6, 6.07) is 5.84. The van der Waals surface area contributed by atoms with Gasteiger partial charge in [-0.15, -0.1) is 0 Å². The minimum absolute atomic E-state index is 0.461. The van der Waals surface area contributed by atoms with Gasteiger partial charge in [0.05, 0.1) is 14.4 Å². The molecule has 0 saturated carbocycles. The van der Waals surface area contributed by atoms with Crippen LogP contribution >= 0.6 is 0 Å². The molecule has 0 aliphatic carbocycles. The summed E-state index contributed by atoms with van der Waals surface area (Å²) in [5, 5.41) is 0.495. The summed E-state index contributed by atoms with van der Waals surface area (Å²) in [6.45, 7) is 3.79. The third kappa shape index (κ3) is 2.34. The number of alkyl halides is 3. The summed E-state index contributed by atoms with van der Waals surface area (Å²) in [5.74, 6) is 0. The topological polar surface area (TPSA) is 0 Å². The van der Waals surface area contributed by atoms with E-state index in [2.05, 4.69) is 0 Å². The van der Waals surface area contributed by atoms with E-state index in [-0.39, 0.29) is 0 Å². The maximum absolute atomic E-state index is 12.4. The van der Waals surface area contributed by atoms with E-state index in [0.29, 0.717) is 5.19 Å². The van der Waals surface area contributed by atoms with E-state index in [0.717, 1.165) is 6.07 Å². The van der Waals surface area contributed by atoms with Crippen LogP contribution in [0.2, 0.25) is 13.1 Å². The highest BCUT2D eigenvalue weighted by atomic mass is 28.3. The van der Waals surface area contributed by atoms with Gasteiger partial charge in [-0.2, -0.15) is 13.2 Å². The standard InChI is InChI=1S/C9H11F3Si/c1-13(2)8-6-4-3-5-7(8)9(10,11)12/h3-6,13H,1-2H3. The molecule has 0 fully saturated rings. The lowest BCUT2D eigenvalue weighted by Gasteiger charge is -2.13. The minimum atomic E-state index is -4.20. The zero-order valence-electron chi connectivity index (χ0n) is 7.52. The second-order valence-electron chi connectivity index (χ2n) is 3.24. The van der Waals surface area contributed by atoms with Crippen molar-refractivity contribution in [1.82, 2.24) is 0 Å². The summed E-state index contributed by atoms with van der Waals surface area (Å²) in [7, 11) is -1.39. The molecule has 1 rings (SSSR count). The summed E-state index contributed by atoms with van der Waals surface area (Å²) < 4.78 is 37.3. The van der Waals surface area contributed by atoms with E-state index in [1.807, 2.05) is 13.1 Å². The Morgan fingerprint density at radius 3 is 2.00 bits per heavy atom. The van der Waals surface area contributed by atoms with Gasteiger partial charge in [0.25, 0.3) is 0 Å².